The first-order valence-electron chi connectivity index (χ1n) is 6.88. The average Bonchev–Trinajstić information content (AvgIpc) is 2.38. The molecule has 3 N–H and O–H groups in total. The predicted molar refractivity (Wildman–Crippen MR) is 72.6 cm³/mol. The van der Waals surface area contributed by atoms with Gasteiger partial charge in [0, 0.05) is 32.0 Å². The van der Waals surface area contributed by atoms with Crippen LogP contribution in [0.2, 0.25) is 0 Å². The summed E-state index contributed by atoms with van der Waals surface area (Å²) in [4.78, 5) is 22.6. The van der Waals surface area contributed by atoms with Gasteiger partial charge in [0.1, 0.15) is 0 Å². The molecule has 6 heteroatoms. The molecule has 19 heavy (non-hydrogen) atoms. The van der Waals surface area contributed by atoms with Crippen LogP contribution in [0.4, 0.5) is 0 Å². The van der Waals surface area contributed by atoms with Gasteiger partial charge in [0.2, 0.25) is 0 Å². The van der Waals surface area contributed by atoms with Crippen molar-refractivity contribution in [3.63, 3.8) is 0 Å². The van der Waals surface area contributed by atoms with Crippen LogP contribution >= 0.6 is 0 Å². The van der Waals surface area contributed by atoms with Crippen molar-refractivity contribution >= 4 is 11.9 Å². The van der Waals surface area contributed by atoms with Crippen LogP contribution in [0.25, 0.3) is 0 Å². The zero-order valence-corrected chi connectivity index (χ0v) is 11.9. The average molecular weight is 274 g/mol. The Morgan fingerprint density at radius 2 is 1.53 bits per heavy atom. The van der Waals surface area contributed by atoms with E-state index in [1.165, 1.54) is 0 Å². The molecule has 0 bridgehead atoms. The first-order valence-corrected chi connectivity index (χ1v) is 6.88. The molecule has 0 heterocycles. The van der Waals surface area contributed by atoms with Gasteiger partial charge in [-0.15, -0.1) is 0 Å². The van der Waals surface area contributed by atoms with Gasteiger partial charge in [0.25, 0.3) is 0 Å². The maximum absolute atomic E-state index is 11.3. The first kappa shape index (κ1) is 17.9. The third-order valence-electron chi connectivity index (χ3n) is 2.58. The smallest absolute Gasteiger partial charge is 0.305 e. The van der Waals surface area contributed by atoms with Crippen LogP contribution in [0, 0.1) is 0 Å². The molecule has 112 valence electrons. The second-order valence-corrected chi connectivity index (χ2v) is 4.13. The molecule has 0 atom stereocenters. The Labute approximate surface area is 115 Å². The van der Waals surface area contributed by atoms with E-state index >= 15 is 0 Å². The highest BCUT2D eigenvalue weighted by molar-refractivity contribution is 5.70. The largest absolute Gasteiger partial charge is 0.466 e. The van der Waals surface area contributed by atoms with Gasteiger partial charge < -0.3 is 20.5 Å². The molecular formula is C13H26N2O4. The normalized spacial score (nSPS) is 10.5. The van der Waals surface area contributed by atoms with Crippen LogP contribution in [0.1, 0.15) is 39.5 Å². The van der Waals surface area contributed by atoms with E-state index in [4.69, 9.17) is 15.2 Å². The zero-order chi connectivity index (χ0) is 14.5. The molecule has 0 fully saturated rings. The van der Waals surface area contributed by atoms with E-state index in [2.05, 4.69) is 5.32 Å². The maximum atomic E-state index is 11.3. The monoisotopic (exact) mass is 274 g/mol. The fourth-order valence-electron chi connectivity index (χ4n) is 1.69. The van der Waals surface area contributed by atoms with Crippen molar-refractivity contribution in [1.82, 2.24) is 5.32 Å². The SMILES string of the molecule is CCOC(=O)CCC(CCC(=O)OCC)NCCN. The molecule has 0 aromatic heterocycles. The Morgan fingerprint density at radius 3 is 1.89 bits per heavy atom. The number of carbonyl (C=O) groups excluding carboxylic acids is 2. The van der Waals surface area contributed by atoms with E-state index < -0.39 is 0 Å². The van der Waals surface area contributed by atoms with Gasteiger partial charge in [0.05, 0.1) is 13.2 Å². The van der Waals surface area contributed by atoms with Crippen LogP contribution in [-0.2, 0) is 19.1 Å². The lowest BCUT2D eigenvalue weighted by Gasteiger charge is -2.17. The van der Waals surface area contributed by atoms with Crippen molar-refractivity contribution in [3.8, 4) is 0 Å². The second kappa shape index (κ2) is 11.9. The van der Waals surface area contributed by atoms with E-state index in [1.807, 2.05) is 0 Å². The molecule has 0 rings (SSSR count). The summed E-state index contributed by atoms with van der Waals surface area (Å²) in [5, 5.41) is 3.22. The number of hydrogen-bond acceptors (Lipinski definition) is 6. The summed E-state index contributed by atoms with van der Waals surface area (Å²) in [5.74, 6) is -0.420. The molecule has 0 amide bonds. The molecule has 0 unspecified atom stereocenters. The fraction of sp³-hybridized carbons (Fsp3) is 0.846. The molecule has 0 radical (unpaired) electrons. The Balaban J connectivity index is 4.00. The molecule has 0 spiro atoms. The number of nitrogens with one attached hydrogen (secondary N) is 1. The Kier molecular flexibility index (Phi) is 11.2. The highest BCUT2D eigenvalue weighted by Gasteiger charge is 2.13. The van der Waals surface area contributed by atoms with Crippen molar-refractivity contribution in [2.24, 2.45) is 5.73 Å². The van der Waals surface area contributed by atoms with Crippen molar-refractivity contribution in [2.75, 3.05) is 26.3 Å². The summed E-state index contributed by atoms with van der Waals surface area (Å²) < 4.78 is 9.76. The highest BCUT2D eigenvalue weighted by atomic mass is 16.5. The second-order valence-electron chi connectivity index (χ2n) is 4.13. The standard InChI is InChI=1S/C13H26N2O4/c1-3-18-12(16)7-5-11(15-10-9-14)6-8-13(17)19-4-2/h11,15H,3-10,14H2,1-2H3. The first-order chi connectivity index (χ1) is 9.13. The van der Waals surface area contributed by atoms with Crippen molar-refractivity contribution < 1.29 is 19.1 Å². The van der Waals surface area contributed by atoms with Crippen LogP contribution in [0.15, 0.2) is 0 Å². The zero-order valence-electron chi connectivity index (χ0n) is 11.9. The van der Waals surface area contributed by atoms with Crippen molar-refractivity contribution in [3.05, 3.63) is 0 Å². The quantitative estimate of drug-likeness (QED) is 0.536. The highest BCUT2D eigenvalue weighted by Crippen LogP contribution is 2.07. The van der Waals surface area contributed by atoms with Gasteiger partial charge in [0.15, 0.2) is 0 Å². The van der Waals surface area contributed by atoms with Gasteiger partial charge >= 0.3 is 11.9 Å². The minimum atomic E-state index is -0.210. The van der Waals surface area contributed by atoms with Crippen LogP contribution in [0.5, 0.6) is 0 Å². The molecule has 0 saturated heterocycles. The minimum absolute atomic E-state index is 0.0809. The molecule has 0 saturated carbocycles. The third-order valence-corrected chi connectivity index (χ3v) is 2.58. The van der Waals surface area contributed by atoms with E-state index in [9.17, 15) is 9.59 Å². The topological polar surface area (TPSA) is 90.7 Å². The summed E-state index contributed by atoms with van der Waals surface area (Å²) in [5.41, 5.74) is 5.44. The maximum Gasteiger partial charge on any atom is 0.305 e. The number of rotatable bonds is 11. The Bertz CT molecular complexity index is 237. The van der Waals surface area contributed by atoms with Crippen molar-refractivity contribution in [2.45, 2.75) is 45.6 Å². The van der Waals surface area contributed by atoms with Gasteiger partial charge in [-0.25, -0.2) is 0 Å². The predicted octanol–water partition coefficient (Wildman–Crippen LogP) is 0.590. The van der Waals surface area contributed by atoms with Gasteiger partial charge in [-0.05, 0) is 26.7 Å². The van der Waals surface area contributed by atoms with Crippen molar-refractivity contribution in [1.29, 1.82) is 0 Å². The molecule has 0 aliphatic heterocycles. The Hall–Kier alpha value is -1.14. The molecule has 0 aliphatic rings. The van der Waals surface area contributed by atoms with E-state index in [0.717, 1.165) is 0 Å². The summed E-state index contributed by atoms with van der Waals surface area (Å²) in [6, 6.07) is 0.0809. The lowest BCUT2D eigenvalue weighted by Crippen LogP contribution is -2.34. The molecule has 0 aromatic carbocycles. The van der Waals surface area contributed by atoms with Crippen LogP contribution in [0.3, 0.4) is 0 Å². The molecule has 0 aromatic rings. The molecular weight excluding hydrogens is 248 g/mol. The van der Waals surface area contributed by atoms with Crippen LogP contribution in [-0.4, -0.2) is 44.3 Å². The summed E-state index contributed by atoms with van der Waals surface area (Å²) in [6.45, 7) is 5.53. The number of ether oxygens (including phenoxy) is 2. The lowest BCUT2D eigenvalue weighted by molar-refractivity contribution is -0.143. The summed E-state index contributed by atoms with van der Waals surface area (Å²) in [6.07, 6.45) is 1.97. The lowest BCUT2D eigenvalue weighted by atomic mass is 10.1. The number of esters is 2. The molecule has 6 nitrogen and oxygen atoms in total. The number of hydrogen-bond donors (Lipinski definition) is 2. The number of carbonyl (C=O) groups is 2. The van der Waals surface area contributed by atoms with Gasteiger partial charge in [-0.2, -0.15) is 0 Å². The van der Waals surface area contributed by atoms with Gasteiger partial charge in [-0.3, -0.25) is 9.59 Å². The van der Waals surface area contributed by atoms with Gasteiger partial charge in [-0.1, -0.05) is 0 Å². The number of nitrogens with two attached hydrogens (primary N) is 1. The molecule has 0 aliphatic carbocycles. The van der Waals surface area contributed by atoms with E-state index in [-0.39, 0.29) is 18.0 Å². The Morgan fingerprint density at radius 1 is 1.05 bits per heavy atom. The fourth-order valence-corrected chi connectivity index (χ4v) is 1.69. The minimum Gasteiger partial charge on any atom is -0.466 e. The third kappa shape index (κ3) is 10.5. The van der Waals surface area contributed by atoms with E-state index in [0.29, 0.717) is 52.0 Å². The van der Waals surface area contributed by atoms with E-state index in [1.54, 1.807) is 13.8 Å². The summed E-state index contributed by atoms with van der Waals surface area (Å²) in [7, 11) is 0. The summed E-state index contributed by atoms with van der Waals surface area (Å²) >= 11 is 0. The van der Waals surface area contributed by atoms with Crippen LogP contribution < -0.4 is 11.1 Å².